The Morgan fingerprint density at radius 3 is 3.07 bits per heavy atom. The van der Waals surface area contributed by atoms with Crippen LogP contribution in [-0.2, 0) is 4.79 Å². The van der Waals surface area contributed by atoms with Gasteiger partial charge < -0.3 is 10.6 Å². The summed E-state index contributed by atoms with van der Waals surface area (Å²) in [6, 6.07) is 0.0752. The Kier molecular flexibility index (Phi) is 4.65. The Bertz CT molecular complexity index is 213. The molecule has 0 spiro atoms. The van der Waals surface area contributed by atoms with Crippen LogP contribution in [0.25, 0.3) is 0 Å². The smallest absolute Gasteiger partial charge is 0.237 e. The summed E-state index contributed by atoms with van der Waals surface area (Å²) in [6.45, 7) is 1.83. The summed E-state index contributed by atoms with van der Waals surface area (Å²) in [5.41, 5.74) is 0. The normalized spacial score (nSPS) is 31.5. The van der Waals surface area contributed by atoms with E-state index in [-0.39, 0.29) is 11.9 Å². The van der Waals surface area contributed by atoms with Crippen molar-refractivity contribution in [1.82, 2.24) is 10.6 Å². The molecule has 3 nitrogen and oxygen atoms in total. The third-order valence-electron chi connectivity index (χ3n) is 2.77. The standard InChI is InChI=1S/C10H18N2OS2/c13-10(9-2-1-3-11-9)12-6-8-7-14-4-5-15-8/h8-9,11H,1-7H2,(H,12,13)/t8?,9-/m0/s1. The Morgan fingerprint density at radius 1 is 1.47 bits per heavy atom. The van der Waals surface area contributed by atoms with Crippen molar-refractivity contribution in [2.45, 2.75) is 24.1 Å². The van der Waals surface area contributed by atoms with Gasteiger partial charge >= 0.3 is 0 Å². The fourth-order valence-corrected chi connectivity index (χ4v) is 4.51. The van der Waals surface area contributed by atoms with Crippen LogP contribution in [0.5, 0.6) is 0 Å². The van der Waals surface area contributed by atoms with Gasteiger partial charge in [-0.05, 0) is 19.4 Å². The fourth-order valence-electron chi connectivity index (χ4n) is 1.90. The number of nitrogens with one attached hydrogen (secondary N) is 2. The molecule has 2 aliphatic heterocycles. The van der Waals surface area contributed by atoms with E-state index in [0.29, 0.717) is 5.25 Å². The van der Waals surface area contributed by atoms with E-state index in [1.54, 1.807) is 0 Å². The lowest BCUT2D eigenvalue weighted by Crippen LogP contribution is -2.43. The van der Waals surface area contributed by atoms with Crippen molar-refractivity contribution in [3.8, 4) is 0 Å². The van der Waals surface area contributed by atoms with Crippen molar-refractivity contribution in [2.75, 3.05) is 30.3 Å². The number of hydrogen-bond donors (Lipinski definition) is 2. The van der Waals surface area contributed by atoms with E-state index >= 15 is 0 Å². The highest BCUT2D eigenvalue weighted by Crippen LogP contribution is 2.23. The first-order valence-electron chi connectivity index (χ1n) is 5.57. The molecule has 2 atom stereocenters. The van der Waals surface area contributed by atoms with Crippen LogP contribution in [0, 0.1) is 0 Å². The number of carbonyl (C=O) groups excluding carboxylic acids is 1. The van der Waals surface area contributed by atoms with Crippen LogP contribution in [0.15, 0.2) is 0 Å². The highest BCUT2D eigenvalue weighted by molar-refractivity contribution is 8.06. The quantitative estimate of drug-likeness (QED) is 0.769. The number of hydrogen-bond acceptors (Lipinski definition) is 4. The monoisotopic (exact) mass is 246 g/mol. The molecule has 1 unspecified atom stereocenters. The average Bonchev–Trinajstić information content (AvgIpc) is 2.81. The van der Waals surface area contributed by atoms with Crippen LogP contribution in [0.2, 0.25) is 0 Å². The van der Waals surface area contributed by atoms with Gasteiger partial charge in [-0.15, -0.1) is 0 Å². The molecule has 2 N–H and O–H groups in total. The van der Waals surface area contributed by atoms with Gasteiger partial charge in [0.25, 0.3) is 0 Å². The first kappa shape index (κ1) is 11.6. The van der Waals surface area contributed by atoms with Crippen LogP contribution >= 0.6 is 23.5 Å². The van der Waals surface area contributed by atoms with Crippen molar-refractivity contribution in [2.24, 2.45) is 0 Å². The van der Waals surface area contributed by atoms with Gasteiger partial charge in [-0.2, -0.15) is 23.5 Å². The van der Waals surface area contributed by atoms with Gasteiger partial charge in [0.2, 0.25) is 5.91 Å². The Balaban J connectivity index is 1.65. The average molecular weight is 246 g/mol. The molecule has 5 heteroatoms. The summed E-state index contributed by atoms with van der Waals surface area (Å²) in [7, 11) is 0. The maximum Gasteiger partial charge on any atom is 0.237 e. The second kappa shape index (κ2) is 6.01. The minimum atomic E-state index is 0.0752. The lowest BCUT2D eigenvalue weighted by Gasteiger charge is -2.22. The zero-order valence-corrected chi connectivity index (χ0v) is 10.5. The molecule has 15 heavy (non-hydrogen) atoms. The van der Waals surface area contributed by atoms with E-state index in [4.69, 9.17) is 0 Å². The topological polar surface area (TPSA) is 41.1 Å². The van der Waals surface area contributed by atoms with Gasteiger partial charge in [-0.25, -0.2) is 0 Å². The lowest BCUT2D eigenvalue weighted by atomic mass is 10.2. The largest absolute Gasteiger partial charge is 0.354 e. The second-order valence-corrected chi connectivity index (χ2v) is 6.52. The molecule has 0 aromatic rings. The van der Waals surface area contributed by atoms with Gasteiger partial charge in [-0.1, -0.05) is 0 Å². The SMILES string of the molecule is O=C(NCC1CSCCS1)[C@@H]1CCCN1. The summed E-state index contributed by atoms with van der Waals surface area (Å²) in [4.78, 5) is 11.7. The molecule has 0 radical (unpaired) electrons. The summed E-state index contributed by atoms with van der Waals surface area (Å²) in [6.07, 6.45) is 2.13. The Morgan fingerprint density at radius 2 is 2.40 bits per heavy atom. The van der Waals surface area contributed by atoms with Crippen LogP contribution in [-0.4, -0.2) is 47.5 Å². The number of carbonyl (C=O) groups is 1. The van der Waals surface area contributed by atoms with Crippen LogP contribution < -0.4 is 10.6 Å². The summed E-state index contributed by atoms with van der Waals surface area (Å²) < 4.78 is 0. The number of rotatable bonds is 3. The van der Waals surface area contributed by atoms with E-state index in [9.17, 15) is 4.79 Å². The summed E-state index contributed by atoms with van der Waals surface area (Å²) >= 11 is 3.99. The molecule has 0 aliphatic carbocycles. The first-order valence-corrected chi connectivity index (χ1v) is 7.77. The van der Waals surface area contributed by atoms with Crippen molar-refractivity contribution in [3.05, 3.63) is 0 Å². The molecule has 2 saturated heterocycles. The molecular formula is C10H18N2OS2. The Hall–Kier alpha value is 0.130. The maximum atomic E-state index is 11.7. The third kappa shape index (κ3) is 3.57. The lowest BCUT2D eigenvalue weighted by molar-refractivity contribution is -0.122. The van der Waals surface area contributed by atoms with Crippen LogP contribution in [0.4, 0.5) is 0 Å². The second-order valence-electron chi connectivity index (χ2n) is 3.96. The van der Waals surface area contributed by atoms with E-state index in [2.05, 4.69) is 10.6 Å². The van der Waals surface area contributed by atoms with Crippen molar-refractivity contribution < 1.29 is 4.79 Å². The molecule has 0 aromatic carbocycles. The maximum absolute atomic E-state index is 11.7. The van der Waals surface area contributed by atoms with E-state index in [0.717, 1.165) is 25.9 Å². The van der Waals surface area contributed by atoms with E-state index in [1.807, 2.05) is 23.5 Å². The molecule has 2 heterocycles. The molecule has 0 bridgehead atoms. The molecule has 86 valence electrons. The molecule has 2 rings (SSSR count). The highest BCUT2D eigenvalue weighted by Gasteiger charge is 2.23. The third-order valence-corrected chi connectivity index (χ3v) is 5.61. The fraction of sp³-hybridized carbons (Fsp3) is 0.900. The molecular weight excluding hydrogens is 228 g/mol. The first-order chi connectivity index (χ1) is 7.36. The van der Waals surface area contributed by atoms with Gasteiger partial charge in [0, 0.05) is 29.1 Å². The van der Waals surface area contributed by atoms with Gasteiger partial charge in [0.15, 0.2) is 0 Å². The minimum Gasteiger partial charge on any atom is -0.354 e. The number of thioether (sulfide) groups is 2. The zero-order valence-electron chi connectivity index (χ0n) is 8.83. The van der Waals surface area contributed by atoms with Gasteiger partial charge in [0.1, 0.15) is 0 Å². The highest BCUT2D eigenvalue weighted by atomic mass is 32.2. The molecule has 2 fully saturated rings. The summed E-state index contributed by atoms with van der Waals surface area (Å²) in [5.74, 6) is 3.87. The number of amides is 1. The molecule has 0 aromatic heterocycles. The molecule has 0 saturated carbocycles. The predicted molar refractivity (Wildman–Crippen MR) is 67.6 cm³/mol. The van der Waals surface area contributed by atoms with Crippen LogP contribution in [0.3, 0.4) is 0 Å². The predicted octanol–water partition coefficient (Wildman–Crippen LogP) is 0.703. The Labute approximate surface area is 99.5 Å². The summed E-state index contributed by atoms with van der Waals surface area (Å²) in [5, 5.41) is 6.90. The van der Waals surface area contributed by atoms with E-state index in [1.165, 1.54) is 17.3 Å². The molecule has 1 amide bonds. The van der Waals surface area contributed by atoms with E-state index < -0.39 is 0 Å². The van der Waals surface area contributed by atoms with Gasteiger partial charge in [-0.3, -0.25) is 4.79 Å². The minimum absolute atomic E-state index is 0.0752. The zero-order chi connectivity index (χ0) is 10.5. The van der Waals surface area contributed by atoms with Crippen molar-refractivity contribution in [3.63, 3.8) is 0 Å². The van der Waals surface area contributed by atoms with Crippen LogP contribution in [0.1, 0.15) is 12.8 Å². The molecule has 2 aliphatic rings. The van der Waals surface area contributed by atoms with Gasteiger partial charge in [0.05, 0.1) is 6.04 Å². The van der Waals surface area contributed by atoms with Crippen molar-refractivity contribution in [1.29, 1.82) is 0 Å². The van der Waals surface area contributed by atoms with Crippen molar-refractivity contribution >= 4 is 29.4 Å².